The van der Waals surface area contributed by atoms with Crippen LogP contribution in [0.5, 0.6) is 0 Å². The first kappa shape index (κ1) is 22.6. The van der Waals surface area contributed by atoms with Crippen LogP contribution in [-0.2, 0) is 10.9 Å². The topological polar surface area (TPSA) is 71.7 Å². The number of likely N-dealkylation sites (tertiary alicyclic amines) is 1. The number of benzene rings is 1. The lowest BCUT2D eigenvalue weighted by atomic mass is 10.1. The molecule has 2 saturated heterocycles. The highest BCUT2D eigenvalue weighted by Crippen LogP contribution is 2.44. The van der Waals surface area contributed by atoms with Crippen molar-refractivity contribution < 1.29 is 27.1 Å². The first-order chi connectivity index (χ1) is 14.8. The molecule has 0 aliphatic carbocycles. The summed E-state index contributed by atoms with van der Waals surface area (Å²) >= 11 is 1.10. The zero-order valence-corrected chi connectivity index (χ0v) is 18.7. The number of amides is 1. The van der Waals surface area contributed by atoms with E-state index < -0.39 is 23.2 Å². The lowest BCUT2D eigenvalue weighted by Gasteiger charge is -2.28. The maximum atomic E-state index is 14.8. The SMILES string of the molecule is CC(C)(C)OC(=O)N1CCC2CN(c3sc(N)nc3-c3cccc(C(F)(F)F)c3F)CC21. The number of carbonyl (C=O) groups excluding carboxylic acids is 1. The molecule has 6 nitrogen and oxygen atoms in total. The van der Waals surface area contributed by atoms with Gasteiger partial charge in [-0.1, -0.05) is 17.4 Å². The molecule has 1 amide bonds. The van der Waals surface area contributed by atoms with Crippen LogP contribution in [0.1, 0.15) is 32.8 Å². The van der Waals surface area contributed by atoms with Crippen molar-refractivity contribution >= 4 is 27.6 Å². The minimum absolute atomic E-state index is 0.0832. The molecule has 2 fully saturated rings. The van der Waals surface area contributed by atoms with Crippen molar-refractivity contribution in [1.82, 2.24) is 9.88 Å². The third-order valence-corrected chi connectivity index (χ3v) is 6.59. The predicted molar refractivity (Wildman–Crippen MR) is 114 cm³/mol. The molecule has 2 aliphatic heterocycles. The Balaban J connectivity index is 1.62. The molecule has 1 aromatic heterocycles. The van der Waals surface area contributed by atoms with Gasteiger partial charge < -0.3 is 20.3 Å². The monoisotopic (exact) mass is 472 g/mol. The van der Waals surface area contributed by atoms with E-state index in [1.807, 2.05) is 4.90 Å². The van der Waals surface area contributed by atoms with Crippen LogP contribution < -0.4 is 10.6 Å². The molecule has 1 aromatic carbocycles. The fraction of sp³-hybridized carbons (Fsp3) is 0.524. The van der Waals surface area contributed by atoms with Crippen LogP contribution in [0.4, 0.5) is 32.5 Å². The van der Waals surface area contributed by atoms with Crippen LogP contribution in [0.15, 0.2) is 18.2 Å². The molecule has 4 rings (SSSR count). The number of nitrogens with two attached hydrogens (primary N) is 1. The third-order valence-electron chi connectivity index (χ3n) is 5.65. The highest BCUT2D eigenvalue weighted by atomic mass is 32.1. The Bertz CT molecular complexity index is 1030. The number of aromatic nitrogens is 1. The maximum Gasteiger partial charge on any atom is 0.419 e. The van der Waals surface area contributed by atoms with Crippen LogP contribution in [-0.4, -0.2) is 47.3 Å². The van der Waals surface area contributed by atoms with E-state index in [0.717, 1.165) is 23.8 Å². The summed E-state index contributed by atoms with van der Waals surface area (Å²) in [5.41, 5.74) is 3.74. The van der Waals surface area contributed by atoms with Gasteiger partial charge in [0, 0.05) is 31.1 Å². The summed E-state index contributed by atoms with van der Waals surface area (Å²) in [4.78, 5) is 20.4. The third kappa shape index (κ3) is 4.22. The van der Waals surface area contributed by atoms with E-state index in [1.54, 1.807) is 25.7 Å². The molecule has 11 heteroatoms. The van der Waals surface area contributed by atoms with Gasteiger partial charge in [0.05, 0.1) is 11.6 Å². The normalized spacial score (nSPS) is 21.2. The maximum absolute atomic E-state index is 14.8. The lowest BCUT2D eigenvalue weighted by molar-refractivity contribution is -0.139. The zero-order valence-electron chi connectivity index (χ0n) is 17.9. The Morgan fingerprint density at radius 3 is 2.62 bits per heavy atom. The second-order valence-electron chi connectivity index (χ2n) is 9.07. The molecule has 174 valence electrons. The molecule has 2 atom stereocenters. The van der Waals surface area contributed by atoms with Crippen LogP contribution in [0, 0.1) is 11.7 Å². The number of fused-ring (bicyclic) bond motifs is 1. The summed E-state index contributed by atoms with van der Waals surface area (Å²) in [5.74, 6) is -1.20. The minimum atomic E-state index is -4.82. The van der Waals surface area contributed by atoms with Crippen LogP contribution >= 0.6 is 11.3 Å². The van der Waals surface area contributed by atoms with Crippen molar-refractivity contribution in [3.63, 3.8) is 0 Å². The average Bonchev–Trinajstić information content (AvgIpc) is 3.32. The number of alkyl halides is 3. The fourth-order valence-electron chi connectivity index (χ4n) is 4.33. The average molecular weight is 473 g/mol. The van der Waals surface area contributed by atoms with Gasteiger partial charge in [0.1, 0.15) is 22.1 Å². The Kier molecular flexibility index (Phi) is 5.51. The molecule has 2 N–H and O–H groups in total. The molecule has 0 saturated carbocycles. The summed E-state index contributed by atoms with van der Waals surface area (Å²) in [6.07, 6.45) is -4.43. The van der Waals surface area contributed by atoms with Gasteiger partial charge in [-0.3, -0.25) is 0 Å². The van der Waals surface area contributed by atoms with Crippen molar-refractivity contribution in [3.05, 3.63) is 29.6 Å². The largest absolute Gasteiger partial charge is 0.444 e. The lowest BCUT2D eigenvalue weighted by Crippen LogP contribution is -2.42. The quantitative estimate of drug-likeness (QED) is 0.623. The molecule has 0 spiro atoms. The molecule has 0 radical (unpaired) electrons. The second-order valence-corrected chi connectivity index (χ2v) is 10.1. The molecule has 3 heterocycles. The number of anilines is 2. The molecule has 32 heavy (non-hydrogen) atoms. The molecule has 2 unspecified atom stereocenters. The number of nitrogen functional groups attached to an aromatic ring is 1. The standard InChI is InChI=1S/C21H24F4N4O2S/c1-20(2,3)31-19(30)29-8-7-11-9-28(10-14(11)29)17-16(27-18(26)32-17)12-5-4-6-13(15(12)22)21(23,24)25/h4-6,11,14H,7-10H2,1-3H3,(H2,26,27). The number of hydrogen-bond acceptors (Lipinski definition) is 6. The van der Waals surface area contributed by atoms with Gasteiger partial charge in [-0.25, -0.2) is 14.2 Å². The minimum Gasteiger partial charge on any atom is -0.444 e. The van der Waals surface area contributed by atoms with E-state index in [2.05, 4.69) is 4.98 Å². The molecular weight excluding hydrogens is 448 g/mol. The van der Waals surface area contributed by atoms with E-state index in [1.165, 1.54) is 6.07 Å². The number of halogens is 4. The Morgan fingerprint density at radius 1 is 1.25 bits per heavy atom. The van der Waals surface area contributed by atoms with Gasteiger partial charge in [0.25, 0.3) is 0 Å². The summed E-state index contributed by atoms with van der Waals surface area (Å²) in [6.45, 7) is 7.00. The van der Waals surface area contributed by atoms with E-state index in [9.17, 15) is 22.4 Å². The number of nitrogens with zero attached hydrogens (tertiary/aromatic N) is 3. The Hall–Kier alpha value is -2.56. The number of thiazole rings is 1. The molecule has 2 aromatic rings. The van der Waals surface area contributed by atoms with Gasteiger partial charge in [-0.2, -0.15) is 13.2 Å². The Labute approximate surface area is 187 Å². The number of rotatable bonds is 2. The van der Waals surface area contributed by atoms with Crippen LogP contribution in [0.3, 0.4) is 0 Å². The zero-order chi connectivity index (χ0) is 23.4. The van der Waals surface area contributed by atoms with Gasteiger partial charge in [0.15, 0.2) is 5.13 Å². The first-order valence-corrected chi connectivity index (χ1v) is 11.0. The van der Waals surface area contributed by atoms with Gasteiger partial charge >= 0.3 is 12.3 Å². The van der Waals surface area contributed by atoms with Crippen molar-refractivity contribution in [3.8, 4) is 11.3 Å². The predicted octanol–water partition coefficient (Wildman–Crippen LogP) is 5.00. The summed E-state index contributed by atoms with van der Waals surface area (Å²) in [7, 11) is 0. The fourth-order valence-corrected chi connectivity index (χ4v) is 5.19. The first-order valence-electron chi connectivity index (χ1n) is 10.2. The number of hydrogen-bond donors (Lipinski definition) is 1. The van der Waals surface area contributed by atoms with Crippen molar-refractivity contribution in [2.45, 2.75) is 45.0 Å². The van der Waals surface area contributed by atoms with Crippen molar-refractivity contribution in [2.75, 3.05) is 30.3 Å². The highest BCUT2D eigenvalue weighted by Gasteiger charge is 2.46. The second kappa shape index (κ2) is 7.79. The van der Waals surface area contributed by atoms with Gasteiger partial charge in [0.2, 0.25) is 0 Å². The molecule has 0 bridgehead atoms. The molecule has 2 aliphatic rings. The van der Waals surface area contributed by atoms with Crippen LogP contribution in [0.25, 0.3) is 11.3 Å². The smallest absolute Gasteiger partial charge is 0.419 e. The van der Waals surface area contributed by atoms with Gasteiger partial charge in [-0.15, -0.1) is 0 Å². The van der Waals surface area contributed by atoms with Gasteiger partial charge in [-0.05, 0) is 39.3 Å². The van der Waals surface area contributed by atoms with E-state index in [0.29, 0.717) is 30.7 Å². The number of carbonyl (C=O) groups is 1. The van der Waals surface area contributed by atoms with E-state index in [4.69, 9.17) is 10.5 Å². The van der Waals surface area contributed by atoms with E-state index >= 15 is 0 Å². The molecular formula is C21H24F4N4O2S. The van der Waals surface area contributed by atoms with Crippen molar-refractivity contribution in [1.29, 1.82) is 0 Å². The summed E-state index contributed by atoms with van der Waals surface area (Å²) in [6, 6.07) is 3.02. The summed E-state index contributed by atoms with van der Waals surface area (Å²) in [5, 5.41) is 0.632. The highest BCUT2D eigenvalue weighted by molar-refractivity contribution is 7.19. The van der Waals surface area contributed by atoms with E-state index in [-0.39, 0.29) is 34.4 Å². The summed E-state index contributed by atoms with van der Waals surface area (Å²) < 4.78 is 59.9. The van der Waals surface area contributed by atoms with Crippen molar-refractivity contribution in [2.24, 2.45) is 5.92 Å². The van der Waals surface area contributed by atoms with Crippen LogP contribution in [0.2, 0.25) is 0 Å². The number of ether oxygens (including phenoxy) is 1. The Morgan fingerprint density at radius 2 is 1.97 bits per heavy atom.